The quantitative estimate of drug-likeness (QED) is 0.526. The first-order valence-electron chi connectivity index (χ1n) is 3.31. The molecule has 0 aliphatic rings. The zero-order valence-electron chi connectivity index (χ0n) is 6.98. The van der Waals surface area contributed by atoms with Crippen molar-refractivity contribution >= 4 is 5.71 Å². The van der Waals surface area contributed by atoms with E-state index in [4.69, 9.17) is 0 Å². The second kappa shape index (κ2) is 3.49. The highest BCUT2D eigenvalue weighted by atomic mass is 19.1. The molecule has 0 aromatic heterocycles. The SMILES string of the molecule is C/C=C\C(=NC)C(C)(C)F. The summed E-state index contributed by atoms with van der Waals surface area (Å²) >= 11 is 0. The van der Waals surface area contributed by atoms with Crippen molar-refractivity contribution in [3.63, 3.8) is 0 Å². The van der Waals surface area contributed by atoms with Gasteiger partial charge >= 0.3 is 0 Å². The Morgan fingerprint density at radius 3 is 2.10 bits per heavy atom. The van der Waals surface area contributed by atoms with Gasteiger partial charge in [-0.1, -0.05) is 6.08 Å². The van der Waals surface area contributed by atoms with Gasteiger partial charge in [0.1, 0.15) is 5.67 Å². The fourth-order valence-electron chi connectivity index (χ4n) is 0.696. The van der Waals surface area contributed by atoms with Gasteiger partial charge in [-0.25, -0.2) is 4.39 Å². The molecule has 0 bridgehead atoms. The highest BCUT2D eigenvalue weighted by molar-refractivity contribution is 6.00. The second-order valence-electron chi connectivity index (χ2n) is 2.58. The van der Waals surface area contributed by atoms with Gasteiger partial charge < -0.3 is 0 Å². The number of rotatable bonds is 2. The number of hydrogen-bond donors (Lipinski definition) is 0. The lowest BCUT2D eigenvalue weighted by atomic mass is 10.0. The van der Waals surface area contributed by atoms with Crippen LogP contribution in [0.4, 0.5) is 4.39 Å². The monoisotopic (exact) mass is 143 g/mol. The number of aliphatic imine (C=N–C) groups is 1. The molecular formula is C8H14FN. The summed E-state index contributed by atoms with van der Waals surface area (Å²) in [5.41, 5.74) is -0.837. The van der Waals surface area contributed by atoms with Crippen molar-refractivity contribution in [2.45, 2.75) is 26.4 Å². The summed E-state index contributed by atoms with van der Waals surface area (Å²) in [7, 11) is 1.59. The van der Waals surface area contributed by atoms with Gasteiger partial charge in [0.15, 0.2) is 0 Å². The summed E-state index contributed by atoms with van der Waals surface area (Å²) in [5.74, 6) is 0. The molecule has 0 unspecified atom stereocenters. The van der Waals surface area contributed by atoms with Crippen LogP contribution in [0.3, 0.4) is 0 Å². The maximum absolute atomic E-state index is 13.1. The van der Waals surface area contributed by atoms with Gasteiger partial charge in [0, 0.05) is 7.05 Å². The fraction of sp³-hybridized carbons (Fsp3) is 0.625. The molecule has 0 heterocycles. The minimum Gasteiger partial charge on any atom is -0.290 e. The lowest BCUT2D eigenvalue weighted by molar-refractivity contribution is 0.315. The predicted octanol–water partition coefficient (Wildman–Crippen LogP) is 2.38. The van der Waals surface area contributed by atoms with Crippen LogP contribution >= 0.6 is 0 Å². The van der Waals surface area contributed by atoms with Crippen molar-refractivity contribution < 1.29 is 4.39 Å². The van der Waals surface area contributed by atoms with Crippen LogP contribution in [-0.2, 0) is 0 Å². The van der Waals surface area contributed by atoms with Gasteiger partial charge in [0.2, 0.25) is 0 Å². The van der Waals surface area contributed by atoms with Gasteiger partial charge in [-0.3, -0.25) is 4.99 Å². The maximum Gasteiger partial charge on any atom is 0.146 e. The van der Waals surface area contributed by atoms with Crippen molar-refractivity contribution in [1.82, 2.24) is 0 Å². The summed E-state index contributed by atoms with van der Waals surface area (Å²) < 4.78 is 13.1. The lowest BCUT2D eigenvalue weighted by Crippen LogP contribution is -2.23. The molecule has 0 aliphatic heterocycles. The van der Waals surface area contributed by atoms with Gasteiger partial charge in [-0.05, 0) is 26.8 Å². The van der Waals surface area contributed by atoms with Crippen LogP contribution in [0.15, 0.2) is 17.1 Å². The summed E-state index contributed by atoms with van der Waals surface area (Å²) in [5, 5.41) is 0. The van der Waals surface area contributed by atoms with Gasteiger partial charge in [-0.15, -0.1) is 0 Å². The molecule has 1 nitrogen and oxygen atoms in total. The number of nitrogens with zero attached hydrogens (tertiary/aromatic N) is 1. The molecule has 2 heteroatoms. The minimum atomic E-state index is -1.32. The van der Waals surface area contributed by atoms with Gasteiger partial charge in [0.05, 0.1) is 5.71 Å². The molecule has 0 N–H and O–H groups in total. The zero-order valence-corrected chi connectivity index (χ0v) is 6.98. The van der Waals surface area contributed by atoms with E-state index < -0.39 is 5.67 Å². The van der Waals surface area contributed by atoms with E-state index in [0.717, 1.165) is 0 Å². The smallest absolute Gasteiger partial charge is 0.146 e. The van der Waals surface area contributed by atoms with E-state index in [1.54, 1.807) is 19.2 Å². The van der Waals surface area contributed by atoms with Gasteiger partial charge in [0.25, 0.3) is 0 Å². The van der Waals surface area contributed by atoms with Crippen LogP contribution in [0.5, 0.6) is 0 Å². The third-order valence-electron chi connectivity index (χ3n) is 1.17. The van der Waals surface area contributed by atoms with Crippen molar-refractivity contribution in [3.05, 3.63) is 12.2 Å². The first kappa shape index (κ1) is 9.34. The first-order chi connectivity index (χ1) is 4.52. The molecule has 58 valence electrons. The van der Waals surface area contributed by atoms with Crippen molar-refractivity contribution in [1.29, 1.82) is 0 Å². The molecule has 0 radical (unpaired) electrons. The summed E-state index contributed by atoms with van der Waals surface area (Å²) in [6, 6.07) is 0. The molecule has 0 amide bonds. The molecule has 0 spiro atoms. The fourth-order valence-corrected chi connectivity index (χ4v) is 0.696. The molecule has 0 aromatic carbocycles. The highest BCUT2D eigenvalue weighted by Gasteiger charge is 2.20. The average Bonchev–Trinajstić information content (AvgIpc) is 1.80. The van der Waals surface area contributed by atoms with E-state index in [1.807, 2.05) is 6.92 Å². The Labute approximate surface area is 61.7 Å². The summed E-state index contributed by atoms with van der Waals surface area (Å²) in [6.07, 6.45) is 3.46. The Hall–Kier alpha value is -0.660. The Bertz CT molecular complexity index is 151. The minimum absolute atomic E-state index is 0.481. The normalized spacial score (nSPS) is 14.7. The summed E-state index contributed by atoms with van der Waals surface area (Å²) in [6.45, 7) is 4.83. The van der Waals surface area contributed by atoms with Crippen LogP contribution in [0.1, 0.15) is 20.8 Å². The zero-order chi connectivity index (χ0) is 8.20. The van der Waals surface area contributed by atoms with Crippen LogP contribution in [0.2, 0.25) is 0 Å². The second-order valence-corrected chi connectivity index (χ2v) is 2.58. The Morgan fingerprint density at radius 1 is 1.50 bits per heavy atom. The molecule has 10 heavy (non-hydrogen) atoms. The van der Waals surface area contributed by atoms with Crippen LogP contribution < -0.4 is 0 Å². The van der Waals surface area contributed by atoms with Crippen LogP contribution in [0.25, 0.3) is 0 Å². The number of allylic oxidation sites excluding steroid dienone is 2. The van der Waals surface area contributed by atoms with Gasteiger partial charge in [-0.2, -0.15) is 0 Å². The average molecular weight is 143 g/mol. The molecular weight excluding hydrogens is 129 g/mol. The van der Waals surface area contributed by atoms with E-state index in [0.29, 0.717) is 5.71 Å². The molecule has 0 fully saturated rings. The lowest BCUT2D eigenvalue weighted by Gasteiger charge is -2.12. The number of hydrogen-bond acceptors (Lipinski definition) is 1. The van der Waals surface area contributed by atoms with Crippen molar-refractivity contribution in [2.75, 3.05) is 7.05 Å². The van der Waals surface area contributed by atoms with Crippen molar-refractivity contribution in [3.8, 4) is 0 Å². The first-order valence-corrected chi connectivity index (χ1v) is 3.31. The maximum atomic E-state index is 13.1. The van der Waals surface area contributed by atoms with Crippen LogP contribution in [-0.4, -0.2) is 18.4 Å². The van der Waals surface area contributed by atoms with E-state index in [-0.39, 0.29) is 0 Å². The molecule has 0 rings (SSSR count). The Balaban J connectivity index is 4.39. The number of alkyl halides is 1. The third-order valence-corrected chi connectivity index (χ3v) is 1.17. The Morgan fingerprint density at radius 2 is 2.00 bits per heavy atom. The van der Waals surface area contributed by atoms with E-state index in [2.05, 4.69) is 4.99 Å². The third kappa shape index (κ3) is 2.76. The summed E-state index contributed by atoms with van der Waals surface area (Å²) in [4.78, 5) is 3.80. The molecule has 0 saturated heterocycles. The van der Waals surface area contributed by atoms with E-state index >= 15 is 0 Å². The standard InChI is InChI=1S/C8H14FN/c1-5-6-7(10-4)8(2,3)9/h5-6H,1-4H3/b6-5-,10-7?. The Kier molecular flexibility index (Phi) is 3.26. The largest absolute Gasteiger partial charge is 0.290 e. The van der Waals surface area contributed by atoms with Crippen molar-refractivity contribution in [2.24, 2.45) is 4.99 Å². The molecule has 0 aliphatic carbocycles. The topological polar surface area (TPSA) is 12.4 Å². The predicted molar refractivity (Wildman–Crippen MR) is 43.4 cm³/mol. The van der Waals surface area contributed by atoms with E-state index in [9.17, 15) is 4.39 Å². The molecule has 0 saturated carbocycles. The highest BCUT2D eigenvalue weighted by Crippen LogP contribution is 2.11. The van der Waals surface area contributed by atoms with E-state index in [1.165, 1.54) is 13.8 Å². The van der Waals surface area contributed by atoms with Crippen LogP contribution in [0, 0.1) is 0 Å². The number of halogens is 1. The molecule has 0 aromatic rings. The molecule has 0 atom stereocenters.